The summed E-state index contributed by atoms with van der Waals surface area (Å²) in [4.78, 5) is 2.44. The maximum atomic E-state index is 5.37. The van der Waals surface area contributed by atoms with Crippen LogP contribution < -0.4 is 0 Å². The average Bonchev–Trinajstić information content (AvgIpc) is 2.88. The fourth-order valence-electron chi connectivity index (χ4n) is 2.60. The number of aromatic nitrogens is 2. The molecule has 0 unspecified atom stereocenters. The number of hydrogen-bond donors (Lipinski definition) is 0. The SMILES string of the molecule is CCc1ccc2c(cnn2CCN2CCOCC2)c1. The Morgan fingerprint density at radius 1 is 1.21 bits per heavy atom. The van der Waals surface area contributed by atoms with Gasteiger partial charge in [0.2, 0.25) is 0 Å². The fourth-order valence-corrected chi connectivity index (χ4v) is 2.60. The summed E-state index contributed by atoms with van der Waals surface area (Å²) in [7, 11) is 0. The molecule has 2 heterocycles. The van der Waals surface area contributed by atoms with Gasteiger partial charge < -0.3 is 4.74 Å². The second-order valence-corrected chi connectivity index (χ2v) is 5.07. The van der Waals surface area contributed by atoms with Gasteiger partial charge in [-0.1, -0.05) is 13.0 Å². The van der Waals surface area contributed by atoms with Crippen LogP contribution in [0.5, 0.6) is 0 Å². The quantitative estimate of drug-likeness (QED) is 0.840. The molecule has 1 aliphatic heterocycles. The summed E-state index contributed by atoms with van der Waals surface area (Å²) in [6.45, 7) is 7.99. The Hall–Kier alpha value is -1.39. The van der Waals surface area contributed by atoms with E-state index in [2.05, 4.69) is 39.8 Å². The molecule has 1 fully saturated rings. The molecule has 19 heavy (non-hydrogen) atoms. The summed E-state index contributed by atoms with van der Waals surface area (Å²) >= 11 is 0. The maximum Gasteiger partial charge on any atom is 0.0683 e. The van der Waals surface area contributed by atoms with Crippen LogP contribution in [0.4, 0.5) is 0 Å². The molecule has 0 bridgehead atoms. The predicted octanol–water partition coefficient (Wildman–Crippen LogP) is 1.93. The lowest BCUT2D eigenvalue weighted by atomic mass is 10.1. The molecule has 0 saturated carbocycles. The first-order valence-electron chi connectivity index (χ1n) is 7.11. The third-order valence-electron chi connectivity index (χ3n) is 3.85. The van der Waals surface area contributed by atoms with Crippen molar-refractivity contribution in [3.63, 3.8) is 0 Å². The number of aryl methyl sites for hydroxylation is 1. The van der Waals surface area contributed by atoms with Gasteiger partial charge in [-0.25, -0.2) is 0 Å². The van der Waals surface area contributed by atoms with Crippen molar-refractivity contribution in [1.82, 2.24) is 14.7 Å². The molecule has 0 N–H and O–H groups in total. The summed E-state index contributed by atoms with van der Waals surface area (Å²) in [5.41, 5.74) is 2.62. The Balaban J connectivity index is 1.70. The Kier molecular flexibility index (Phi) is 3.80. The molecule has 3 rings (SSSR count). The van der Waals surface area contributed by atoms with Gasteiger partial charge in [0.1, 0.15) is 0 Å². The molecule has 0 spiro atoms. The number of morpholine rings is 1. The highest BCUT2D eigenvalue weighted by Gasteiger charge is 2.11. The highest BCUT2D eigenvalue weighted by molar-refractivity contribution is 5.79. The van der Waals surface area contributed by atoms with Gasteiger partial charge in [-0.2, -0.15) is 5.10 Å². The van der Waals surface area contributed by atoms with Gasteiger partial charge in [0, 0.05) is 25.0 Å². The number of ether oxygens (including phenoxy) is 1. The van der Waals surface area contributed by atoms with Crippen molar-refractivity contribution < 1.29 is 4.74 Å². The lowest BCUT2D eigenvalue weighted by Gasteiger charge is -2.26. The molecule has 1 aromatic carbocycles. The lowest BCUT2D eigenvalue weighted by molar-refractivity contribution is 0.0361. The van der Waals surface area contributed by atoms with Crippen LogP contribution in [0, 0.1) is 0 Å². The van der Waals surface area contributed by atoms with Gasteiger partial charge in [-0.3, -0.25) is 9.58 Å². The number of nitrogens with zero attached hydrogens (tertiary/aromatic N) is 3. The van der Waals surface area contributed by atoms with Crippen molar-refractivity contribution in [2.24, 2.45) is 0 Å². The van der Waals surface area contributed by atoms with E-state index in [1.54, 1.807) is 0 Å². The first kappa shape index (κ1) is 12.6. The molecular weight excluding hydrogens is 238 g/mol. The Morgan fingerprint density at radius 3 is 2.84 bits per heavy atom. The largest absolute Gasteiger partial charge is 0.379 e. The van der Waals surface area contributed by atoms with Crippen molar-refractivity contribution in [1.29, 1.82) is 0 Å². The van der Waals surface area contributed by atoms with Crippen LogP contribution in [-0.2, 0) is 17.7 Å². The Bertz CT molecular complexity index is 543. The van der Waals surface area contributed by atoms with Gasteiger partial charge in [0.05, 0.1) is 31.5 Å². The molecular formula is C15H21N3O. The molecule has 2 aromatic rings. The first-order chi connectivity index (χ1) is 9.36. The Morgan fingerprint density at radius 2 is 2.05 bits per heavy atom. The third kappa shape index (κ3) is 2.80. The Labute approximate surface area is 114 Å². The van der Waals surface area contributed by atoms with Crippen LogP contribution in [0.1, 0.15) is 12.5 Å². The summed E-state index contributed by atoms with van der Waals surface area (Å²) in [5, 5.41) is 5.77. The minimum Gasteiger partial charge on any atom is -0.379 e. The fraction of sp³-hybridized carbons (Fsp3) is 0.533. The van der Waals surface area contributed by atoms with Crippen molar-refractivity contribution in [3.8, 4) is 0 Å². The summed E-state index contributed by atoms with van der Waals surface area (Å²) < 4.78 is 7.48. The van der Waals surface area contributed by atoms with E-state index in [1.165, 1.54) is 16.5 Å². The average molecular weight is 259 g/mol. The second-order valence-electron chi connectivity index (χ2n) is 5.07. The molecule has 0 atom stereocenters. The van der Waals surface area contributed by atoms with Crippen molar-refractivity contribution >= 4 is 10.9 Å². The maximum absolute atomic E-state index is 5.37. The monoisotopic (exact) mass is 259 g/mol. The van der Waals surface area contributed by atoms with E-state index in [0.717, 1.165) is 45.8 Å². The van der Waals surface area contributed by atoms with Crippen LogP contribution >= 0.6 is 0 Å². The summed E-state index contributed by atoms with van der Waals surface area (Å²) in [6, 6.07) is 6.64. The van der Waals surface area contributed by atoms with E-state index in [9.17, 15) is 0 Å². The number of fused-ring (bicyclic) bond motifs is 1. The number of rotatable bonds is 4. The van der Waals surface area contributed by atoms with Crippen LogP contribution in [-0.4, -0.2) is 47.5 Å². The van der Waals surface area contributed by atoms with Crippen LogP contribution in [0.15, 0.2) is 24.4 Å². The summed E-state index contributed by atoms with van der Waals surface area (Å²) in [6.07, 6.45) is 3.06. The normalized spacial score (nSPS) is 17.1. The first-order valence-corrected chi connectivity index (χ1v) is 7.11. The molecule has 4 nitrogen and oxygen atoms in total. The van der Waals surface area contributed by atoms with Crippen molar-refractivity contribution in [2.75, 3.05) is 32.8 Å². The third-order valence-corrected chi connectivity index (χ3v) is 3.85. The lowest BCUT2D eigenvalue weighted by Crippen LogP contribution is -2.38. The van der Waals surface area contributed by atoms with E-state index in [1.807, 2.05) is 6.20 Å². The second kappa shape index (κ2) is 5.72. The van der Waals surface area contributed by atoms with E-state index >= 15 is 0 Å². The minimum atomic E-state index is 0.861. The van der Waals surface area contributed by atoms with Gasteiger partial charge in [0.25, 0.3) is 0 Å². The van der Waals surface area contributed by atoms with Crippen molar-refractivity contribution in [2.45, 2.75) is 19.9 Å². The molecule has 0 amide bonds. The van der Waals surface area contributed by atoms with E-state index < -0.39 is 0 Å². The van der Waals surface area contributed by atoms with Gasteiger partial charge in [-0.15, -0.1) is 0 Å². The van der Waals surface area contributed by atoms with E-state index in [4.69, 9.17) is 4.74 Å². The molecule has 0 aliphatic carbocycles. The molecule has 1 aromatic heterocycles. The van der Waals surface area contributed by atoms with Crippen LogP contribution in [0.25, 0.3) is 10.9 Å². The van der Waals surface area contributed by atoms with Crippen LogP contribution in [0.3, 0.4) is 0 Å². The van der Waals surface area contributed by atoms with Crippen LogP contribution in [0.2, 0.25) is 0 Å². The highest BCUT2D eigenvalue weighted by Crippen LogP contribution is 2.16. The summed E-state index contributed by atoms with van der Waals surface area (Å²) in [5.74, 6) is 0. The number of benzene rings is 1. The van der Waals surface area contributed by atoms with Gasteiger partial charge in [0.15, 0.2) is 0 Å². The zero-order valence-corrected chi connectivity index (χ0v) is 11.5. The van der Waals surface area contributed by atoms with Gasteiger partial charge >= 0.3 is 0 Å². The van der Waals surface area contributed by atoms with E-state index in [0.29, 0.717) is 0 Å². The van der Waals surface area contributed by atoms with E-state index in [-0.39, 0.29) is 0 Å². The molecule has 102 valence electrons. The molecule has 4 heteroatoms. The minimum absolute atomic E-state index is 0.861. The predicted molar refractivity (Wildman–Crippen MR) is 76.4 cm³/mol. The number of hydrogen-bond acceptors (Lipinski definition) is 3. The smallest absolute Gasteiger partial charge is 0.0683 e. The zero-order chi connectivity index (χ0) is 13.1. The highest BCUT2D eigenvalue weighted by atomic mass is 16.5. The van der Waals surface area contributed by atoms with Crippen molar-refractivity contribution in [3.05, 3.63) is 30.0 Å². The molecule has 1 aliphatic rings. The molecule has 0 radical (unpaired) electrons. The standard InChI is InChI=1S/C15H21N3O/c1-2-13-3-4-15-14(11-13)12-16-18(15)6-5-17-7-9-19-10-8-17/h3-4,11-12H,2,5-10H2,1H3. The molecule has 1 saturated heterocycles. The van der Waals surface area contributed by atoms with Gasteiger partial charge in [-0.05, 0) is 24.1 Å². The zero-order valence-electron chi connectivity index (χ0n) is 11.5. The topological polar surface area (TPSA) is 30.3 Å².